The lowest BCUT2D eigenvalue weighted by Gasteiger charge is -2.45. The van der Waals surface area contributed by atoms with Gasteiger partial charge in [-0.15, -0.1) is 0 Å². The third kappa shape index (κ3) is 5.07. The number of aromatic nitrogens is 1. The Morgan fingerprint density at radius 3 is 2.47 bits per heavy atom. The van der Waals surface area contributed by atoms with Gasteiger partial charge in [0.05, 0.1) is 16.9 Å². The third-order valence-corrected chi connectivity index (χ3v) is 11.2. The maximum Gasteiger partial charge on any atom is 0.221 e. The van der Waals surface area contributed by atoms with Gasteiger partial charge in [0.1, 0.15) is 12.9 Å². The van der Waals surface area contributed by atoms with E-state index in [1.54, 1.807) is 6.07 Å². The Labute approximate surface area is 271 Å². The lowest BCUT2D eigenvalue weighted by atomic mass is 9.61. The number of hydrogen-bond donors (Lipinski definition) is 0. The first-order valence-corrected chi connectivity index (χ1v) is 17.1. The van der Waals surface area contributed by atoms with E-state index in [2.05, 4.69) is 114 Å². The smallest absolute Gasteiger partial charge is 0.207 e. The maximum absolute atomic E-state index is 16.2. The molecule has 5 rings (SSSR count). The van der Waals surface area contributed by atoms with Crippen molar-refractivity contribution in [3.63, 3.8) is 0 Å². The van der Waals surface area contributed by atoms with Gasteiger partial charge in [0.2, 0.25) is 5.69 Å². The number of unbranched alkanes of at least 4 members (excludes halogenated alkanes) is 1. The van der Waals surface area contributed by atoms with Crippen LogP contribution in [0.3, 0.4) is 0 Å². The maximum atomic E-state index is 16.2. The monoisotopic (exact) mass is 604 g/mol. The Balaban J connectivity index is 1.75. The summed E-state index contributed by atoms with van der Waals surface area (Å²) >= 11 is 0. The fraction of sp³-hybridized carbons (Fsp3) is 0.429. The van der Waals surface area contributed by atoms with Crippen molar-refractivity contribution in [3.05, 3.63) is 113 Å². The highest BCUT2D eigenvalue weighted by atomic mass is 19.1. The molecule has 2 aromatic carbocycles. The van der Waals surface area contributed by atoms with E-state index in [4.69, 9.17) is 0 Å². The van der Waals surface area contributed by atoms with Crippen molar-refractivity contribution < 1.29 is 13.5 Å². The SMILES string of the molecule is C=CC=C(CCC1c2ccc(F)c3c2-c2c4c(ccc(CCCC)c4cc[n+]2C1(CC)CC)C3(C)C)C(=C)C(C)=[N+](C)C=CC. The highest BCUT2D eigenvalue weighted by molar-refractivity contribution is 6.02. The molecular weight excluding hydrogens is 551 g/mol. The first-order valence-electron chi connectivity index (χ1n) is 17.1. The van der Waals surface area contributed by atoms with Crippen LogP contribution in [0.5, 0.6) is 0 Å². The third-order valence-electron chi connectivity index (χ3n) is 11.2. The van der Waals surface area contributed by atoms with E-state index in [1.165, 1.54) is 51.6 Å². The molecule has 2 heterocycles. The van der Waals surface area contributed by atoms with E-state index < -0.39 is 5.41 Å². The van der Waals surface area contributed by atoms with Crippen molar-refractivity contribution in [1.82, 2.24) is 0 Å². The van der Waals surface area contributed by atoms with E-state index in [1.807, 2.05) is 19.1 Å². The Hall–Kier alpha value is -3.59. The van der Waals surface area contributed by atoms with Crippen molar-refractivity contribution in [2.24, 2.45) is 0 Å². The molecule has 45 heavy (non-hydrogen) atoms. The van der Waals surface area contributed by atoms with Crippen LogP contribution in [0.15, 0.2) is 85.3 Å². The molecule has 1 atom stereocenters. The molecule has 1 aliphatic heterocycles. The second kappa shape index (κ2) is 12.7. The van der Waals surface area contributed by atoms with Gasteiger partial charge in [0.25, 0.3) is 0 Å². The molecule has 3 aromatic rings. The number of aryl methyl sites for hydroxylation is 1. The van der Waals surface area contributed by atoms with Crippen molar-refractivity contribution >= 4 is 16.5 Å². The Kier molecular flexibility index (Phi) is 9.23. The van der Waals surface area contributed by atoms with Crippen LogP contribution in [-0.4, -0.2) is 17.3 Å². The van der Waals surface area contributed by atoms with Gasteiger partial charge < -0.3 is 0 Å². The summed E-state index contributed by atoms with van der Waals surface area (Å²) in [6, 6.07) is 10.8. The van der Waals surface area contributed by atoms with Crippen molar-refractivity contribution in [2.75, 3.05) is 7.05 Å². The molecular formula is C42H53FN2+2. The Morgan fingerprint density at radius 2 is 1.82 bits per heavy atom. The molecule has 0 amide bonds. The normalized spacial score (nSPS) is 18.3. The molecule has 0 radical (unpaired) electrons. The van der Waals surface area contributed by atoms with Gasteiger partial charge in [-0.25, -0.2) is 8.97 Å². The second-order valence-electron chi connectivity index (χ2n) is 13.7. The number of pyridine rings is 1. The number of allylic oxidation sites excluding steroid dienone is 5. The molecule has 1 unspecified atom stereocenters. The number of benzene rings is 2. The Bertz CT molecular complexity index is 1760. The summed E-state index contributed by atoms with van der Waals surface area (Å²) in [6.07, 6.45) is 17.7. The predicted octanol–water partition coefficient (Wildman–Crippen LogP) is 10.6. The van der Waals surface area contributed by atoms with Crippen LogP contribution in [0, 0.1) is 5.82 Å². The number of nitrogens with zero attached hydrogens (tertiary/aromatic N) is 2. The van der Waals surface area contributed by atoms with Crippen molar-refractivity contribution in [1.29, 1.82) is 0 Å². The molecule has 0 N–H and O–H groups in total. The molecule has 2 aliphatic rings. The molecule has 0 saturated carbocycles. The first-order chi connectivity index (χ1) is 21.5. The summed E-state index contributed by atoms with van der Waals surface area (Å²) in [4.78, 5) is 0. The van der Waals surface area contributed by atoms with E-state index in [0.29, 0.717) is 0 Å². The quantitative estimate of drug-likeness (QED) is 0.110. The fourth-order valence-corrected chi connectivity index (χ4v) is 8.58. The zero-order valence-corrected chi connectivity index (χ0v) is 29.0. The van der Waals surface area contributed by atoms with Gasteiger partial charge in [0, 0.05) is 42.4 Å². The Morgan fingerprint density at radius 1 is 1.09 bits per heavy atom. The average molecular weight is 605 g/mol. The highest BCUT2D eigenvalue weighted by Crippen LogP contribution is 2.57. The summed E-state index contributed by atoms with van der Waals surface area (Å²) < 4.78 is 20.9. The number of rotatable bonds is 12. The lowest BCUT2D eigenvalue weighted by Crippen LogP contribution is -2.63. The van der Waals surface area contributed by atoms with E-state index in [0.717, 1.165) is 54.5 Å². The van der Waals surface area contributed by atoms with Crippen molar-refractivity contribution in [2.45, 2.75) is 110 Å². The van der Waals surface area contributed by atoms with Crippen LogP contribution in [0.25, 0.3) is 22.0 Å². The first kappa shape index (κ1) is 32.8. The molecule has 0 bridgehead atoms. The molecule has 1 aliphatic carbocycles. The summed E-state index contributed by atoms with van der Waals surface area (Å²) in [5.74, 6) is 0.118. The summed E-state index contributed by atoms with van der Waals surface area (Å²) in [6.45, 7) is 24.1. The summed E-state index contributed by atoms with van der Waals surface area (Å²) in [5.41, 5.74) is 9.95. The predicted molar refractivity (Wildman–Crippen MR) is 190 cm³/mol. The van der Waals surface area contributed by atoms with Crippen LogP contribution < -0.4 is 4.57 Å². The van der Waals surface area contributed by atoms with E-state index >= 15 is 4.39 Å². The minimum Gasteiger partial charge on any atom is -0.207 e. The molecule has 0 fully saturated rings. The average Bonchev–Trinajstić information content (AvgIpc) is 3.03. The second-order valence-corrected chi connectivity index (χ2v) is 13.7. The van der Waals surface area contributed by atoms with Gasteiger partial charge in [-0.3, -0.25) is 0 Å². The summed E-state index contributed by atoms with van der Waals surface area (Å²) in [5, 5.41) is 2.67. The largest absolute Gasteiger partial charge is 0.221 e. The topological polar surface area (TPSA) is 6.89 Å². The molecule has 0 spiro atoms. The fourth-order valence-electron chi connectivity index (χ4n) is 8.58. The lowest BCUT2D eigenvalue weighted by molar-refractivity contribution is -0.762. The van der Waals surface area contributed by atoms with Gasteiger partial charge in [0.15, 0.2) is 23.6 Å². The van der Waals surface area contributed by atoms with Crippen LogP contribution in [0.1, 0.15) is 115 Å². The number of halogens is 1. The van der Waals surface area contributed by atoms with Crippen LogP contribution in [0.4, 0.5) is 4.39 Å². The minimum atomic E-state index is -0.447. The molecule has 236 valence electrons. The van der Waals surface area contributed by atoms with Gasteiger partial charge in [-0.1, -0.05) is 84.5 Å². The highest BCUT2D eigenvalue weighted by Gasteiger charge is 2.55. The number of hydrogen-bond acceptors (Lipinski definition) is 0. The van der Waals surface area contributed by atoms with E-state index in [9.17, 15) is 0 Å². The van der Waals surface area contributed by atoms with Gasteiger partial charge in [-0.2, -0.15) is 4.57 Å². The summed E-state index contributed by atoms with van der Waals surface area (Å²) in [7, 11) is 2.07. The molecule has 3 heteroatoms. The van der Waals surface area contributed by atoms with Gasteiger partial charge >= 0.3 is 0 Å². The van der Waals surface area contributed by atoms with Crippen LogP contribution >= 0.6 is 0 Å². The van der Waals surface area contributed by atoms with Crippen molar-refractivity contribution in [3.8, 4) is 11.3 Å². The molecule has 2 nitrogen and oxygen atoms in total. The minimum absolute atomic E-state index is 0.0971. The molecule has 0 saturated heterocycles. The zero-order valence-electron chi connectivity index (χ0n) is 29.0. The standard InChI is InChI=1S/C42H53FN2/c1-11-16-18-31-20-23-35-37-32(31)25-27-45-40(37)38-33(21-24-36(43)39(38)41(35,8)9)34(42(45,14-4)15-5)22-19-30(17-12-2)28(6)29(7)44(10)26-13-3/h12-13,17,20-21,23-27,34H,2,6,11,14-16,18-19,22H2,1,3-5,7-10H3/q+2. The zero-order chi connectivity index (χ0) is 32.7. The van der Waals surface area contributed by atoms with Crippen LogP contribution in [0.2, 0.25) is 0 Å². The van der Waals surface area contributed by atoms with Crippen LogP contribution in [-0.2, 0) is 17.4 Å². The van der Waals surface area contributed by atoms with Gasteiger partial charge in [-0.05, 0) is 72.4 Å². The molecule has 1 aromatic heterocycles. The van der Waals surface area contributed by atoms with E-state index in [-0.39, 0.29) is 17.3 Å².